The molecule has 0 unspecified atom stereocenters. The first kappa shape index (κ1) is 64.2. The molecule has 0 aliphatic carbocycles. The van der Waals surface area contributed by atoms with Gasteiger partial charge in [-0.3, -0.25) is 0 Å². The van der Waals surface area contributed by atoms with Crippen molar-refractivity contribution in [2.75, 3.05) is 0 Å². The number of para-hydroxylation sites is 2. The maximum Gasteiger partial charge on any atom is 0.161 e. The summed E-state index contributed by atoms with van der Waals surface area (Å²) in [4.78, 5) is 21.2. The van der Waals surface area contributed by atoms with Crippen LogP contribution in [0, 0.1) is 0 Å². The van der Waals surface area contributed by atoms with Crippen LogP contribution in [0.25, 0.3) is 220 Å². The normalized spacial score (nSPS) is 11.8. The van der Waals surface area contributed by atoms with Crippen LogP contribution in [0.4, 0.5) is 0 Å². The molecular formula is C106H66N6. The van der Waals surface area contributed by atoms with Crippen molar-refractivity contribution in [1.29, 1.82) is 0 Å². The van der Waals surface area contributed by atoms with Crippen LogP contribution in [0.2, 0.25) is 0 Å². The van der Waals surface area contributed by atoms with Crippen LogP contribution in [-0.2, 0) is 0 Å². The fourth-order valence-corrected chi connectivity index (χ4v) is 17.6. The molecule has 520 valence electrons. The summed E-state index contributed by atoms with van der Waals surface area (Å²) in [5.74, 6) is 1.42. The zero-order valence-electron chi connectivity index (χ0n) is 60.8. The lowest BCUT2D eigenvalue weighted by Gasteiger charge is -2.16. The number of hydrogen-bond acceptors (Lipinski definition) is 4. The fourth-order valence-electron chi connectivity index (χ4n) is 17.6. The third kappa shape index (κ3) is 10.6. The van der Waals surface area contributed by atoms with Crippen LogP contribution in [0.1, 0.15) is 0 Å². The molecule has 112 heavy (non-hydrogen) atoms. The fraction of sp³-hybridized carbons (Fsp3) is 0. The number of fused-ring (bicyclic) bond motifs is 18. The average molecular weight is 1420 g/mol. The predicted octanol–water partition coefficient (Wildman–Crippen LogP) is 28.0. The van der Waals surface area contributed by atoms with Gasteiger partial charge in [-0.1, -0.05) is 328 Å². The summed E-state index contributed by atoms with van der Waals surface area (Å²) in [5.41, 5.74) is 21.9. The summed E-state index contributed by atoms with van der Waals surface area (Å²) in [5, 5.41) is 21.7. The molecule has 0 aliphatic heterocycles. The van der Waals surface area contributed by atoms with Crippen molar-refractivity contribution in [2.24, 2.45) is 0 Å². The third-order valence-electron chi connectivity index (χ3n) is 22.8. The van der Waals surface area contributed by atoms with Crippen molar-refractivity contribution in [3.63, 3.8) is 0 Å². The molecule has 0 atom stereocenters. The minimum absolute atomic E-state index is 0.707. The Morgan fingerprint density at radius 2 is 0.446 bits per heavy atom. The lowest BCUT2D eigenvalue weighted by molar-refractivity contribution is 1.19. The Balaban J connectivity index is 0.000000138. The van der Waals surface area contributed by atoms with Gasteiger partial charge in [-0.2, -0.15) is 0 Å². The quantitative estimate of drug-likeness (QED) is 0.144. The number of benzene rings is 19. The Labute approximate surface area is 645 Å². The van der Waals surface area contributed by atoms with E-state index in [1.807, 2.05) is 0 Å². The van der Waals surface area contributed by atoms with Crippen molar-refractivity contribution >= 4 is 130 Å². The molecule has 19 aromatic carbocycles. The molecule has 4 heterocycles. The first-order chi connectivity index (χ1) is 55.6. The molecule has 23 aromatic rings. The van der Waals surface area contributed by atoms with Gasteiger partial charge in [-0.25, -0.2) is 19.9 Å². The largest absolute Gasteiger partial charge is 0.309 e. The summed E-state index contributed by atoms with van der Waals surface area (Å²) >= 11 is 0. The zero-order valence-corrected chi connectivity index (χ0v) is 60.8. The molecule has 6 heteroatoms. The number of aromatic nitrogens is 6. The molecule has 0 fully saturated rings. The van der Waals surface area contributed by atoms with E-state index in [4.69, 9.17) is 19.9 Å². The van der Waals surface area contributed by atoms with Crippen molar-refractivity contribution in [1.82, 2.24) is 29.1 Å². The van der Waals surface area contributed by atoms with E-state index >= 15 is 0 Å². The second-order valence-electron chi connectivity index (χ2n) is 29.0. The van der Waals surface area contributed by atoms with Gasteiger partial charge in [0.2, 0.25) is 0 Å². The van der Waals surface area contributed by atoms with Gasteiger partial charge in [0.15, 0.2) is 11.6 Å². The molecule has 6 nitrogen and oxygen atoms in total. The molecule has 23 rings (SSSR count). The van der Waals surface area contributed by atoms with E-state index in [1.54, 1.807) is 0 Å². The minimum Gasteiger partial charge on any atom is -0.309 e. The lowest BCUT2D eigenvalue weighted by Crippen LogP contribution is -1.99. The second-order valence-corrected chi connectivity index (χ2v) is 29.0. The summed E-state index contributed by atoms with van der Waals surface area (Å²) in [6.07, 6.45) is 0. The van der Waals surface area contributed by atoms with Crippen molar-refractivity contribution < 1.29 is 0 Å². The van der Waals surface area contributed by atoms with Crippen molar-refractivity contribution in [3.8, 4) is 90.0 Å². The Bertz CT molecular complexity index is 7560. The number of hydrogen-bond donors (Lipinski definition) is 0. The van der Waals surface area contributed by atoms with Gasteiger partial charge >= 0.3 is 0 Å². The van der Waals surface area contributed by atoms with Gasteiger partial charge in [0.05, 0.1) is 55.9 Å². The van der Waals surface area contributed by atoms with Gasteiger partial charge in [-0.15, -0.1) is 0 Å². The van der Waals surface area contributed by atoms with E-state index in [-0.39, 0.29) is 0 Å². The Morgan fingerprint density at radius 1 is 0.170 bits per heavy atom. The molecule has 4 aromatic heterocycles. The zero-order chi connectivity index (χ0) is 73.7. The van der Waals surface area contributed by atoms with E-state index in [0.29, 0.717) is 11.6 Å². The van der Waals surface area contributed by atoms with E-state index in [2.05, 4.69) is 410 Å². The Kier molecular flexibility index (Phi) is 15.2. The van der Waals surface area contributed by atoms with E-state index in [9.17, 15) is 0 Å². The molecule has 0 saturated heterocycles. The van der Waals surface area contributed by atoms with Gasteiger partial charge in [0.1, 0.15) is 0 Å². The van der Waals surface area contributed by atoms with Crippen LogP contribution in [0.3, 0.4) is 0 Å². The molecule has 0 radical (unpaired) electrons. The van der Waals surface area contributed by atoms with E-state index in [1.165, 1.54) is 103 Å². The van der Waals surface area contributed by atoms with Crippen LogP contribution in [0.5, 0.6) is 0 Å². The summed E-state index contributed by atoms with van der Waals surface area (Å²) in [6, 6.07) is 143. The first-order valence-corrected chi connectivity index (χ1v) is 38.2. The van der Waals surface area contributed by atoms with E-state index < -0.39 is 0 Å². The lowest BCUT2D eigenvalue weighted by atomic mass is 9.97. The van der Waals surface area contributed by atoms with Crippen molar-refractivity contribution in [2.45, 2.75) is 0 Å². The van der Waals surface area contributed by atoms with Crippen molar-refractivity contribution in [3.05, 3.63) is 400 Å². The first-order valence-electron chi connectivity index (χ1n) is 38.2. The third-order valence-corrected chi connectivity index (χ3v) is 22.8. The predicted molar refractivity (Wildman–Crippen MR) is 471 cm³/mol. The highest BCUT2D eigenvalue weighted by Gasteiger charge is 2.24. The van der Waals surface area contributed by atoms with Crippen LogP contribution >= 0.6 is 0 Å². The summed E-state index contributed by atoms with van der Waals surface area (Å²) in [7, 11) is 0. The SMILES string of the molecule is c1ccc(-c2ccc(-c3cccc(-c4nc(-c5ccc(-n6c7ccc8ccccc8c7c7c8ccccc8ccc76)c6ccccc56)nc5ccccc45)c3)cc2)cc1.c1ccc(-c2cccc(-c3nc(-c4ccc(-n5c6ccc7ccccc7c6c6c7ccccc7ccc65)c5ccccc45)nc4ccccc34)c2)cc1. The summed E-state index contributed by atoms with van der Waals surface area (Å²) in [6.45, 7) is 0. The highest BCUT2D eigenvalue weighted by molar-refractivity contribution is 6.30. The minimum atomic E-state index is 0.707. The smallest absolute Gasteiger partial charge is 0.161 e. The highest BCUT2D eigenvalue weighted by Crippen LogP contribution is 2.47. The maximum atomic E-state index is 5.42. The van der Waals surface area contributed by atoms with Gasteiger partial charge in [0.25, 0.3) is 0 Å². The Hall–Kier alpha value is -15.0. The van der Waals surface area contributed by atoms with Crippen LogP contribution in [0.15, 0.2) is 400 Å². The highest BCUT2D eigenvalue weighted by atomic mass is 15.0. The maximum absolute atomic E-state index is 5.42. The number of nitrogens with zero attached hydrogens (tertiary/aromatic N) is 6. The molecule has 0 aliphatic rings. The van der Waals surface area contributed by atoms with Gasteiger partial charge in [-0.05, 0) is 160 Å². The number of rotatable bonds is 9. The molecular weight excluding hydrogens is 1360 g/mol. The molecule has 0 N–H and O–H groups in total. The monoisotopic (exact) mass is 1420 g/mol. The second kappa shape index (κ2) is 26.5. The molecule has 0 amide bonds. The van der Waals surface area contributed by atoms with Crippen LogP contribution in [-0.4, -0.2) is 29.1 Å². The van der Waals surface area contributed by atoms with Gasteiger partial charge in [0, 0.05) is 65.3 Å². The average Bonchev–Trinajstić information content (AvgIpc) is 1.56. The van der Waals surface area contributed by atoms with Crippen LogP contribution < -0.4 is 0 Å². The van der Waals surface area contributed by atoms with Gasteiger partial charge < -0.3 is 9.13 Å². The summed E-state index contributed by atoms with van der Waals surface area (Å²) < 4.78 is 4.91. The Morgan fingerprint density at radius 3 is 0.821 bits per heavy atom. The van der Waals surface area contributed by atoms with E-state index in [0.717, 1.165) is 105 Å². The topological polar surface area (TPSA) is 61.4 Å². The molecule has 0 bridgehead atoms. The molecule has 0 spiro atoms. The molecule has 0 saturated carbocycles. The standard InChI is InChI=1S/C56H35N3.C50H31N3/c1-2-13-36(14-3-1)37-25-27-38(28-26-37)41-17-12-18-42(35-41)55-48-23-10-11-24-49(48)57-56(58-55)47-31-34-50(46-22-9-8-21-45(46)47)59-51-32-29-39-15-4-6-19-43(39)53(51)54-44-20-7-5-16-40(44)30-33-52(54)59;1-2-13-32(14-3-1)35-17-12-18-36(31-35)49-42-23-10-11-24-43(42)51-50(52-49)41-27-30-44(40-22-9-8-21-39(40)41)53-45-28-25-33-15-4-6-19-37(33)47(45)48-38-20-7-5-16-34(38)26-29-46(48)53/h1-35H;1-31H.